The number of sulfonamides is 1. The Morgan fingerprint density at radius 2 is 1.76 bits per heavy atom. The molecule has 29 heavy (non-hydrogen) atoms. The van der Waals surface area contributed by atoms with Gasteiger partial charge in [-0.3, -0.25) is 4.72 Å². The van der Waals surface area contributed by atoms with Crippen LogP contribution in [0.5, 0.6) is 0 Å². The number of nitrogens with one attached hydrogen (secondary N) is 1. The van der Waals surface area contributed by atoms with Gasteiger partial charge in [0.1, 0.15) is 4.90 Å². The first-order valence-corrected chi connectivity index (χ1v) is 10.9. The number of morpholine rings is 1. The second kappa shape index (κ2) is 8.36. The highest BCUT2D eigenvalue weighted by Gasteiger charge is 2.18. The fourth-order valence-electron chi connectivity index (χ4n) is 3.06. The molecule has 0 unspecified atom stereocenters. The zero-order chi connectivity index (χ0) is 20.3. The molecule has 9 heteroatoms. The van der Waals surface area contributed by atoms with E-state index in [0.717, 1.165) is 24.5 Å². The third kappa shape index (κ3) is 4.50. The van der Waals surface area contributed by atoms with E-state index >= 15 is 0 Å². The van der Waals surface area contributed by atoms with Gasteiger partial charge in [-0.15, -0.1) is 10.2 Å². The monoisotopic (exact) mass is 430 g/mol. The van der Waals surface area contributed by atoms with Crippen LogP contribution in [-0.2, 0) is 14.8 Å². The summed E-state index contributed by atoms with van der Waals surface area (Å²) in [7, 11) is -3.80. The maximum Gasteiger partial charge on any atom is 0.263 e. The molecule has 0 saturated carbocycles. The lowest BCUT2D eigenvalue weighted by molar-refractivity contribution is 0.122. The molecule has 2 heterocycles. The van der Waals surface area contributed by atoms with Crippen molar-refractivity contribution in [2.45, 2.75) is 4.90 Å². The molecule has 0 bridgehead atoms. The summed E-state index contributed by atoms with van der Waals surface area (Å²) in [6.07, 6.45) is 0. The molecular weight excluding hydrogens is 412 g/mol. The van der Waals surface area contributed by atoms with E-state index in [1.54, 1.807) is 30.3 Å². The number of hydrogen-bond acceptors (Lipinski definition) is 6. The smallest absolute Gasteiger partial charge is 0.263 e. The van der Waals surface area contributed by atoms with Crippen molar-refractivity contribution in [1.82, 2.24) is 10.2 Å². The normalized spacial score (nSPS) is 14.6. The first kappa shape index (κ1) is 19.6. The number of halogens is 1. The van der Waals surface area contributed by atoms with E-state index in [4.69, 9.17) is 16.3 Å². The Morgan fingerprint density at radius 1 is 0.966 bits per heavy atom. The summed E-state index contributed by atoms with van der Waals surface area (Å²) in [6, 6.07) is 17.1. The van der Waals surface area contributed by atoms with E-state index in [1.165, 1.54) is 12.1 Å². The highest BCUT2D eigenvalue weighted by atomic mass is 35.5. The second-order valence-corrected chi connectivity index (χ2v) is 8.55. The molecule has 0 amide bonds. The fraction of sp³-hybridized carbons (Fsp3) is 0.200. The lowest BCUT2D eigenvalue weighted by atomic mass is 10.1. The van der Waals surface area contributed by atoms with Gasteiger partial charge in [0.25, 0.3) is 10.0 Å². The molecule has 1 N–H and O–H groups in total. The first-order valence-electron chi connectivity index (χ1n) is 9.07. The Morgan fingerprint density at radius 3 is 2.48 bits per heavy atom. The number of benzene rings is 2. The lowest BCUT2D eigenvalue weighted by Gasteiger charge is -2.27. The molecule has 1 aromatic heterocycles. The third-order valence-electron chi connectivity index (χ3n) is 4.52. The van der Waals surface area contributed by atoms with E-state index in [0.29, 0.717) is 24.6 Å². The average molecular weight is 431 g/mol. The van der Waals surface area contributed by atoms with Crippen molar-refractivity contribution in [2.75, 3.05) is 35.9 Å². The van der Waals surface area contributed by atoms with E-state index < -0.39 is 10.0 Å². The summed E-state index contributed by atoms with van der Waals surface area (Å²) in [5, 5.41) is 8.78. The number of nitrogens with zero attached hydrogens (tertiary/aromatic N) is 3. The quantitative estimate of drug-likeness (QED) is 0.667. The van der Waals surface area contributed by atoms with Crippen LogP contribution in [0, 0.1) is 0 Å². The van der Waals surface area contributed by atoms with E-state index in [1.807, 2.05) is 18.2 Å². The topological polar surface area (TPSA) is 84.4 Å². The van der Waals surface area contributed by atoms with Gasteiger partial charge in [0, 0.05) is 24.3 Å². The second-order valence-electron chi connectivity index (χ2n) is 6.49. The predicted octanol–water partition coefficient (Wildman–Crippen LogP) is 3.43. The summed E-state index contributed by atoms with van der Waals surface area (Å²) in [4.78, 5) is 2.15. The fourth-order valence-corrected chi connectivity index (χ4v) is 4.63. The number of aromatic nitrogens is 2. The molecule has 150 valence electrons. The van der Waals surface area contributed by atoms with E-state index in [-0.39, 0.29) is 9.92 Å². The Labute approximate surface area is 174 Å². The van der Waals surface area contributed by atoms with Crippen LogP contribution in [0.15, 0.2) is 65.6 Å². The van der Waals surface area contributed by atoms with Crippen molar-refractivity contribution < 1.29 is 13.2 Å². The van der Waals surface area contributed by atoms with Gasteiger partial charge in [-0.05, 0) is 36.4 Å². The minimum atomic E-state index is -3.80. The molecule has 0 atom stereocenters. The summed E-state index contributed by atoms with van der Waals surface area (Å²) >= 11 is 6.03. The van der Waals surface area contributed by atoms with Gasteiger partial charge in [0.05, 0.1) is 23.9 Å². The Bertz CT molecular complexity index is 1100. The Kier molecular flexibility index (Phi) is 5.66. The minimum Gasteiger partial charge on any atom is -0.378 e. The molecule has 2 aromatic carbocycles. The first-order chi connectivity index (χ1) is 14.0. The van der Waals surface area contributed by atoms with E-state index in [9.17, 15) is 8.42 Å². The third-order valence-corrected chi connectivity index (χ3v) is 6.40. The van der Waals surface area contributed by atoms with Crippen molar-refractivity contribution in [3.8, 4) is 11.3 Å². The van der Waals surface area contributed by atoms with Crippen LogP contribution >= 0.6 is 11.6 Å². The molecule has 0 spiro atoms. The van der Waals surface area contributed by atoms with Crippen LogP contribution in [0.2, 0.25) is 5.02 Å². The highest BCUT2D eigenvalue weighted by molar-refractivity contribution is 7.92. The van der Waals surface area contributed by atoms with Gasteiger partial charge in [0.2, 0.25) is 0 Å². The van der Waals surface area contributed by atoms with Crippen LogP contribution in [0.1, 0.15) is 0 Å². The molecule has 1 fully saturated rings. The summed E-state index contributed by atoms with van der Waals surface area (Å²) in [5.74, 6) is 0.799. The van der Waals surface area contributed by atoms with Crippen molar-refractivity contribution in [3.05, 3.63) is 65.7 Å². The highest BCUT2D eigenvalue weighted by Crippen LogP contribution is 2.26. The average Bonchev–Trinajstić information content (AvgIpc) is 2.74. The van der Waals surface area contributed by atoms with Gasteiger partial charge in [-0.2, -0.15) is 0 Å². The van der Waals surface area contributed by atoms with Gasteiger partial charge < -0.3 is 9.64 Å². The SMILES string of the molecule is O=S(=O)(Nc1cccc(-c2ccc(N3CCOCC3)nn2)c1)c1ccccc1Cl. The maximum absolute atomic E-state index is 12.7. The molecule has 0 aliphatic carbocycles. The summed E-state index contributed by atoms with van der Waals surface area (Å²) in [6.45, 7) is 2.93. The standard InChI is InChI=1S/C20H19ClN4O3S/c21-17-6-1-2-7-19(17)29(26,27)24-16-5-3-4-15(14-16)18-8-9-20(23-22-18)25-10-12-28-13-11-25/h1-9,14,24H,10-13H2. The number of ether oxygens (including phenoxy) is 1. The van der Waals surface area contributed by atoms with Crippen molar-refractivity contribution in [3.63, 3.8) is 0 Å². The zero-order valence-corrected chi connectivity index (χ0v) is 17.0. The molecule has 1 aliphatic heterocycles. The summed E-state index contributed by atoms with van der Waals surface area (Å²) < 4.78 is 33.2. The molecule has 4 rings (SSSR count). The molecule has 1 aliphatic rings. The van der Waals surface area contributed by atoms with E-state index in [2.05, 4.69) is 19.8 Å². The minimum absolute atomic E-state index is 0.0294. The number of anilines is 2. The van der Waals surface area contributed by atoms with Crippen molar-refractivity contribution in [1.29, 1.82) is 0 Å². The van der Waals surface area contributed by atoms with Gasteiger partial charge in [-0.25, -0.2) is 8.42 Å². The number of rotatable bonds is 5. The van der Waals surface area contributed by atoms with Crippen LogP contribution in [0.4, 0.5) is 11.5 Å². The molecular formula is C20H19ClN4O3S. The lowest BCUT2D eigenvalue weighted by Crippen LogP contribution is -2.36. The largest absolute Gasteiger partial charge is 0.378 e. The molecule has 7 nitrogen and oxygen atoms in total. The van der Waals surface area contributed by atoms with Crippen LogP contribution in [-0.4, -0.2) is 44.9 Å². The molecule has 3 aromatic rings. The Balaban J connectivity index is 1.55. The predicted molar refractivity (Wildman–Crippen MR) is 113 cm³/mol. The van der Waals surface area contributed by atoms with Crippen LogP contribution < -0.4 is 9.62 Å². The molecule has 1 saturated heterocycles. The maximum atomic E-state index is 12.7. The summed E-state index contributed by atoms with van der Waals surface area (Å²) in [5.41, 5.74) is 1.83. The van der Waals surface area contributed by atoms with Gasteiger partial charge in [-0.1, -0.05) is 35.9 Å². The van der Waals surface area contributed by atoms with Crippen LogP contribution in [0.25, 0.3) is 11.3 Å². The van der Waals surface area contributed by atoms with Crippen molar-refractivity contribution in [2.24, 2.45) is 0 Å². The molecule has 0 radical (unpaired) electrons. The number of hydrogen-bond donors (Lipinski definition) is 1. The van der Waals surface area contributed by atoms with Crippen molar-refractivity contribution >= 4 is 33.1 Å². The van der Waals surface area contributed by atoms with Gasteiger partial charge in [0.15, 0.2) is 5.82 Å². The van der Waals surface area contributed by atoms with Crippen LogP contribution in [0.3, 0.4) is 0 Å². The Hall–Kier alpha value is -2.68. The van der Waals surface area contributed by atoms with Gasteiger partial charge >= 0.3 is 0 Å². The zero-order valence-electron chi connectivity index (χ0n) is 15.5.